The van der Waals surface area contributed by atoms with Crippen molar-refractivity contribution in [1.29, 1.82) is 0 Å². The lowest BCUT2D eigenvalue weighted by Crippen LogP contribution is -2.63. The molecule has 3 fully saturated rings. The largest absolute Gasteiger partial charge is 0.497 e. The smallest absolute Gasteiger partial charge is 0.411 e. The molecule has 2 heterocycles. The normalized spacial score (nSPS) is 28.6. The minimum Gasteiger partial charge on any atom is -0.497 e. The first kappa shape index (κ1) is 19.2. The van der Waals surface area contributed by atoms with E-state index in [4.69, 9.17) is 18.9 Å². The van der Waals surface area contributed by atoms with Crippen LogP contribution >= 0.6 is 0 Å². The Morgan fingerprint density at radius 3 is 2.46 bits per heavy atom. The molecule has 7 heteroatoms. The van der Waals surface area contributed by atoms with Crippen molar-refractivity contribution in [3.8, 4) is 5.75 Å². The van der Waals surface area contributed by atoms with Gasteiger partial charge in [0.25, 0.3) is 0 Å². The van der Waals surface area contributed by atoms with Crippen molar-refractivity contribution < 1.29 is 28.5 Å². The van der Waals surface area contributed by atoms with Crippen LogP contribution in [0, 0.1) is 5.92 Å². The summed E-state index contributed by atoms with van der Waals surface area (Å²) in [6.07, 6.45) is 0.0670. The maximum atomic E-state index is 12.9. The van der Waals surface area contributed by atoms with Crippen LogP contribution in [0.25, 0.3) is 0 Å². The molecular formula is C21H27NO6. The molecule has 3 atom stereocenters. The van der Waals surface area contributed by atoms with E-state index in [1.807, 2.05) is 45.0 Å². The zero-order valence-electron chi connectivity index (χ0n) is 16.8. The van der Waals surface area contributed by atoms with Gasteiger partial charge >= 0.3 is 6.09 Å². The lowest BCUT2D eigenvalue weighted by molar-refractivity contribution is -0.253. The van der Waals surface area contributed by atoms with Crippen LogP contribution in [0.1, 0.15) is 45.5 Å². The van der Waals surface area contributed by atoms with E-state index < -0.39 is 29.6 Å². The number of amides is 1. The number of hydrogen-bond donors (Lipinski definition) is 0. The van der Waals surface area contributed by atoms with E-state index in [-0.39, 0.29) is 18.2 Å². The summed E-state index contributed by atoms with van der Waals surface area (Å²) in [6.45, 7) is 5.86. The maximum Gasteiger partial charge on any atom is 0.411 e. The van der Waals surface area contributed by atoms with Gasteiger partial charge < -0.3 is 18.9 Å². The zero-order chi connectivity index (χ0) is 20.1. The zero-order valence-corrected chi connectivity index (χ0v) is 16.8. The molecule has 7 nitrogen and oxygen atoms in total. The molecule has 0 N–H and O–H groups in total. The molecule has 1 saturated carbocycles. The second-order valence-corrected chi connectivity index (χ2v) is 8.74. The summed E-state index contributed by atoms with van der Waals surface area (Å²) < 4.78 is 22.8. The number of nitrogens with zero attached hydrogens (tertiary/aromatic N) is 1. The number of benzene rings is 1. The second-order valence-electron chi connectivity index (χ2n) is 8.74. The molecule has 1 unspecified atom stereocenters. The molecule has 1 aliphatic carbocycles. The van der Waals surface area contributed by atoms with Crippen molar-refractivity contribution in [3.05, 3.63) is 29.8 Å². The van der Waals surface area contributed by atoms with Gasteiger partial charge in [-0.05, 0) is 45.7 Å². The Hall–Kier alpha value is -2.12. The first-order valence-electron chi connectivity index (χ1n) is 9.68. The number of likely N-dealkylation sites (tertiary alicyclic amines) is 1. The lowest BCUT2D eigenvalue weighted by Gasteiger charge is -2.48. The number of ketones is 1. The summed E-state index contributed by atoms with van der Waals surface area (Å²) in [5.74, 6) is 0.474. The summed E-state index contributed by atoms with van der Waals surface area (Å²) in [7, 11) is 1.61. The van der Waals surface area contributed by atoms with Gasteiger partial charge in [0.05, 0.1) is 25.8 Å². The molecule has 1 aromatic rings. The van der Waals surface area contributed by atoms with Crippen molar-refractivity contribution in [1.82, 2.24) is 4.90 Å². The minimum absolute atomic E-state index is 0.0193. The Kier molecular flexibility index (Phi) is 4.62. The third-order valence-electron chi connectivity index (χ3n) is 5.69. The Morgan fingerprint density at radius 1 is 1.21 bits per heavy atom. The SMILES string of the molecule is COc1ccc(C2OC[C@@H]3[C@@H](O2)C(=O)CN(C(=O)OC(C)(C)C)C32CC2)cc1. The van der Waals surface area contributed by atoms with E-state index in [1.165, 1.54) is 0 Å². The third-order valence-corrected chi connectivity index (χ3v) is 5.69. The molecule has 2 saturated heterocycles. The number of carbonyl (C=O) groups excluding carboxylic acids is 2. The van der Waals surface area contributed by atoms with Crippen LogP contribution < -0.4 is 4.74 Å². The number of Topliss-reactive ketones (excluding diaryl/α,β-unsaturated/α-hetero) is 1. The highest BCUT2D eigenvalue weighted by atomic mass is 16.7. The minimum atomic E-state index is -0.605. The molecule has 0 aromatic heterocycles. The van der Waals surface area contributed by atoms with Crippen LogP contribution in [0.15, 0.2) is 24.3 Å². The monoisotopic (exact) mass is 389 g/mol. The molecule has 3 aliphatic rings. The highest BCUT2D eigenvalue weighted by Gasteiger charge is 2.64. The molecule has 2 aliphatic heterocycles. The van der Waals surface area contributed by atoms with Gasteiger partial charge in [-0.3, -0.25) is 9.69 Å². The third kappa shape index (κ3) is 3.37. The average molecular weight is 389 g/mol. The van der Waals surface area contributed by atoms with Crippen LogP contribution in [0.4, 0.5) is 4.79 Å². The fourth-order valence-electron chi connectivity index (χ4n) is 4.15. The number of methoxy groups -OCH3 is 1. The molecule has 0 bridgehead atoms. The molecule has 1 spiro atoms. The fourth-order valence-corrected chi connectivity index (χ4v) is 4.15. The van der Waals surface area contributed by atoms with E-state index >= 15 is 0 Å². The number of piperidine rings is 1. The average Bonchev–Trinajstić information content (AvgIpc) is 3.44. The van der Waals surface area contributed by atoms with Crippen LogP contribution in [-0.4, -0.2) is 54.3 Å². The Labute approximate surface area is 164 Å². The topological polar surface area (TPSA) is 74.3 Å². The highest BCUT2D eigenvalue weighted by Crippen LogP contribution is 2.54. The van der Waals surface area contributed by atoms with Crippen molar-refractivity contribution in [2.75, 3.05) is 20.3 Å². The predicted molar refractivity (Wildman–Crippen MR) is 100.0 cm³/mol. The number of ether oxygens (including phenoxy) is 4. The van der Waals surface area contributed by atoms with Crippen molar-refractivity contribution in [3.63, 3.8) is 0 Å². The van der Waals surface area contributed by atoms with E-state index in [2.05, 4.69) is 0 Å². The van der Waals surface area contributed by atoms with E-state index in [9.17, 15) is 9.59 Å². The van der Waals surface area contributed by atoms with Crippen molar-refractivity contribution in [2.45, 2.75) is 57.1 Å². The number of hydrogen-bond acceptors (Lipinski definition) is 6. The van der Waals surface area contributed by atoms with Gasteiger partial charge in [-0.25, -0.2) is 4.79 Å². The summed E-state index contributed by atoms with van der Waals surface area (Å²) in [5, 5.41) is 0. The van der Waals surface area contributed by atoms with Crippen LogP contribution in [0.5, 0.6) is 5.75 Å². The number of rotatable bonds is 2. The number of carbonyl (C=O) groups is 2. The van der Waals surface area contributed by atoms with E-state index in [1.54, 1.807) is 12.0 Å². The lowest BCUT2D eigenvalue weighted by atomic mass is 9.83. The van der Waals surface area contributed by atoms with Gasteiger partial charge in [-0.1, -0.05) is 12.1 Å². The summed E-state index contributed by atoms with van der Waals surface area (Å²) >= 11 is 0. The van der Waals surface area contributed by atoms with Gasteiger partial charge in [0.2, 0.25) is 0 Å². The number of fused-ring (bicyclic) bond motifs is 2. The van der Waals surface area contributed by atoms with Gasteiger partial charge in [-0.2, -0.15) is 0 Å². The second kappa shape index (κ2) is 6.74. The van der Waals surface area contributed by atoms with Crippen LogP contribution in [-0.2, 0) is 19.0 Å². The van der Waals surface area contributed by atoms with E-state index in [0.29, 0.717) is 6.61 Å². The van der Waals surface area contributed by atoms with Gasteiger partial charge in [0, 0.05) is 11.5 Å². The van der Waals surface area contributed by atoms with Gasteiger partial charge in [0.1, 0.15) is 17.5 Å². The Morgan fingerprint density at radius 2 is 1.89 bits per heavy atom. The molecule has 28 heavy (non-hydrogen) atoms. The molecule has 1 amide bonds. The molecular weight excluding hydrogens is 362 g/mol. The summed E-state index contributed by atoms with van der Waals surface area (Å²) in [5.41, 5.74) is -0.163. The highest BCUT2D eigenvalue weighted by molar-refractivity contribution is 5.90. The quantitative estimate of drug-likeness (QED) is 0.774. The first-order valence-corrected chi connectivity index (χ1v) is 9.68. The molecule has 4 rings (SSSR count). The molecule has 152 valence electrons. The fraction of sp³-hybridized carbons (Fsp3) is 0.619. The van der Waals surface area contributed by atoms with Crippen LogP contribution in [0.3, 0.4) is 0 Å². The van der Waals surface area contributed by atoms with Gasteiger partial charge in [-0.15, -0.1) is 0 Å². The standard InChI is InChI=1S/C21H27NO6/c1-20(2,3)28-19(24)22-11-16(23)17-15(21(22)9-10-21)12-26-18(27-17)13-5-7-14(25-4)8-6-13/h5-8,15,17-18H,9-12H2,1-4H3/t15-,17-,18?/m1/s1. The summed E-state index contributed by atoms with van der Waals surface area (Å²) in [4.78, 5) is 27.1. The van der Waals surface area contributed by atoms with Crippen molar-refractivity contribution in [2.24, 2.45) is 5.92 Å². The van der Waals surface area contributed by atoms with E-state index in [0.717, 1.165) is 24.2 Å². The Balaban J connectivity index is 1.51. The molecule has 0 radical (unpaired) electrons. The van der Waals surface area contributed by atoms with Crippen LogP contribution in [0.2, 0.25) is 0 Å². The molecule has 1 aromatic carbocycles. The predicted octanol–water partition coefficient (Wildman–Crippen LogP) is 3.08. The Bertz CT molecular complexity index is 764. The first-order chi connectivity index (χ1) is 13.2. The van der Waals surface area contributed by atoms with Gasteiger partial charge in [0.15, 0.2) is 12.1 Å². The summed E-state index contributed by atoms with van der Waals surface area (Å²) in [6, 6.07) is 7.42. The maximum absolute atomic E-state index is 12.9. The van der Waals surface area contributed by atoms with Crippen molar-refractivity contribution >= 4 is 11.9 Å².